The quantitative estimate of drug-likeness (QED) is 0.819. The van der Waals surface area contributed by atoms with Crippen LogP contribution in [0.4, 0.5) is 0 Å². The summed E-state index contributed by atoms with van der Waals surface area (Å²) in [6, 6.07) is 3.89. The molecule has 0 aromatic heterocycles. The highest BCUT2D eigenvalue weighted by Gasteiger charge is 2.75. The second kappa shape index (κ2) is 5.34. The highest BCUT2D eigenvalue weighted by molar-refractivity contribution is 5.81. The highest BCUT2D eigenvalue weighted by Crippen LogP contribution is 2.60. The molecule has 3 aliphatic rings. The Balaban J connectivity index is 1.85. The normalized spacial score (nSPS) is 36.6. The Morgan fingerprint density at radius 3 is 2.65 bits per heavy atom. The van der Waals surface area contributed by atoms with E-state index in [0.29, 0.717) is 24.5 Å². The Morgan fingerprint density at radius 2 is 2.00 bits per heavy atom. The van der Waals surface area contributed by atoms with E-state index in [0.717, 1.165) is 11.1 Å². The van der Waals surface area contributed by atoms with Gasteiger partial charge in [-0.15, -0.1) is 0 Å². The average molecular weight is 364 g/mol. The summed E-state index contributed by atoms with van der Waals surface area (Å²) in [5.41, 5.74) is 0.0670. The van der Waals surface area contributed by atoms with Crippen molar-refractivity contribution in [2.24, 2.45) is 11.3 Å². The van der Waals surface area contributed by atoms with E-state index in [-0.39, 0.29) is 5.92 Å². The maximum absolute atomic E-state index is 12.3. The molecule has 1 N–H and O–H groups in total. The van der Waals surface area contributed by atoms with Gasteiger partial charge in [0, 0.05) is 18.4 Å². The predicted octanol–water partition coefficient (Wildman–Crippen LogP) is 1.78. The van der Waals surface area contributed by atoms with Crippen LogP contribution in [0.2, 0.25) is 0 Å². The van der Waals surface area contributed by atoms with Crippen LogP contribution in [0.25, 0.3) is 0 Å². The summed E-state index contributed by atoms with van der Waals surface area (Å²) >= 11 is 0. The Morgan fingerprint density at radius 1 is 1.27 bits per heavy atom. The lowest BCUT2D eigenvalue weighted by Crippen LogP contribution is -2.68. The van der Waals surface area contributed by atoms with E-state index in [1.54, 1.807) is 14.2 Å². The molecule has 0 amide bonds. The molecule has 0 radical (unpaired) electrons. The van der Waals surface area contributed by atoms with Gasteiger partial charge in [0.2, 0.25) is 6.29 Å². The Bertz CT molecular complexity index is 773. The second-order valence-electron chi connectivity index (χ2n) is 7.98. The highest BCUT2D eigenvalue weighted by atomic mass is 16.8. The first-order valence-electron chi connectivity index (χ1n) is 8.66. The number of fused-ring (bicyclic) bond motifs is 5. The van der Waals surface area contributed by atoms with Crippen molar-refractivity contribution in [1.29, 1.82) is 0 Å². The van der Waals surface area contributed by atoms with Crippen LogP contribution in [0.5, 0.6) is 11.5 Å². The summed E-state index contributed by atoms with van der Waals surface area (Å²) in [7, 11) is 3.22. The third kappa shape index (κ3) is 2.02. The fraction of sp³-hybridized carbons (Fsp3) is 0.632. The minimum absolute atomic E-state index is 0.208. The lowest BCUT2D eigenvalue weighted by molar-refractivity contribution is -0.343. The molecule has 142 valence electrons. The molecule has 2 fully saturated rings. The van der Waals surface area contributed by atoms with Crippen LogP contribution in [0.1, 0.15) is 31.9 Å². The van der Waals surface area contributed by atoms with E-state index < -0.39 is 29.1 Å². The van der Waals surface area contributed by atoms with Gasteiger partial charge in [-0.2, -0.15) is 0 Å². The van der Waals surface area contributed by atoms with Crippen LogP contribution in [0.3, 0.4) is 0 Å². The molecule has 2 saturated heterocycles. The molecule has 3 heterocycles. The third-order valence-corrected chi connectivity index (χ3v) is 6.14. The summed E-state index contributed by atoms with van der Waals surface area (Å²) in [4.78, 5) is 12.3. The summed E-state index contributed by atoms with van der Waals surface area (Å²) in [5.74, 6) is -1.74. The van der Waals surface area contributed by atoms with E-state index in [1.165, 1.54) is 0 Å². The fourth-order valence-electron chi connectivity index (χ4n) is 4.58. The number of esters is 1. The zero-order valence-corrected chi connectivity index (χ0v) is 15.6. The molecule has 4 atom stereocenters. The molecular weight excluding hydrogens is 340 g/mol. The van der Waals surface area contributed by atoms with Gasteiger partial charge in [-0.25, -0.2) is 4.79 Å². The smallest absolute Gasteiger partial charge is 0.369 e. The Hall–Kier alpha value is -1.83. The van der Waals surface area contributed by atoms with Crippen LogP contribution < -0.4 is 9.47 Å². The summed E-state index contributed by atoms with van der Waals surface area (Å²) in [6.07, 6.45) is -0.388. The van der Waals surface area contributed by atoms with Crippen molar-refractivity contribution >= 4 is 5.97 Å². The molecule has 26 heavy (non-hydrogen) atoms. The third-order valence-electron chi connectivity index (χ3n) is 6.14. The van der Waals surface area contributed by atoms with Gasteiger partial charge in [0.1, 0.15) is 0 Å². The first kappa shape index (κ1) is 17.6. The van der Waals surface area contributed by atoms with Crippen LogP contribution >= 0.6 is 0 Å². The van der Waals surface area contributed by atoms with Gasteiger partial charge in [0.15, 0.2) is 17.1 Å². The lowest BCUT2D eigenvalue weighted by Gasteiger charge is -2.55. The molecule has 2 bridgehead atoms. The summed E-state index contributed by atoms with van der Waals surface area (Å²) in [5, 5.41) is 10.9. The van der Waals surface area contributed by atoms with E-state index in [2.05, 4.69) is 0 Å². The molecule has 1 aromatic carbocycles. The molecular formula is C19H24O7. The zero-order chi connectivity index (χ0) is 18.9. The van der Waals surface area contributed by atoms with Gasteiger partial charge < -0.3 is 24.1 Å². The predicted molar refractivity (Wildman–Crippen MR) is 89.6 cm³/mol. The number of ether oxygens (including phenoxy) is 5. The minimum atomic E-state index is -1.98. The standard InChI is InChI=1S/C19H24O7/c1-17(2)13-8-11-6-10(9-22-4)7-12(23-5)14(11)25-18(13,3)16-24-15(20)19(17,21)26-16/h6-7,13,16,21H,8-9H2,1-5H3/t13-,16?,18+,19-/m1/s1. The number of hydrogen-bond acceptors (Lipinski definition) is 7. The van der Waals surface area contributed by atoms with Gasteiger partial charge in [-0.1, -0.05) is 13.8 Å². The van der Waals surface area contributed by atoms with Crippen molar-refractivity contribution in [3.8, 4) is 11.5 Å². The molecule has 0 saturated carbocycles. The van der Waals surface area contributed by atoms with E-state index in [4.69, 9.17) is 23.7 Å². The SMILES string of the molecule is COCc1cc2c(c(OC)c1)O[C@]1(C)C3OC(=O)[C@@](O)(O3)C(C)(C)[C@H]1C2. The molecule has 3 aliphatic heterocycles. The summed E-state index contributed by atoms with van der Waals surface area (Å²) in [6.45, 7) is 5.92. The van der Waals surface area contributed by atoms with E-state index >= 15 is 0 Å². The van der Waals surface area contributed by atoms with Crippen molar-refractivity contribution in [3.63, 3.8) is 0 Å². The average Bonchev–Trinajstić information content (AvgIpc) is 2.89. The van der Waals surface area contributed by atoms with Crippen LogP contribution in [-0.2, 0) is 32.0 Å². The maximum atomic E-state index is 12.3. The van der Waals surface area contributed by atoms with Gasteiger partial charge in [0.05, 0.1) is 13.7 Å². The molecule has 0 spiro atoms. The van der Waals surface area contributed by atoms with Crippen molar-refractivity contribution in [2.45, 2.75) is 51.5 Å². The molecule has 4 rings (SSSR count). The van der Waals surface area contributed by atoms with Crippen LogP contribution in [0.15, 0.2) is 12.1 Å². The number of rotatable bonds is 3. The minimum Gasteiger partial charge on any atom is -0.493 e. The number of benzene rings is 1. The van der Waals surface area contributed by atoms with Gasteiger partial charge >= 0.3 is 5.97 Å². The van der Waals surface area contributed by atoms with Gasteiger partial charge in [-0.05, 0) is 36.6 Å². The largest absolute Gasteiger partial charge is 0.493 e. The van der Waals surface area contributed by atoms with Crippen molar-refractivity contribution in [1.82, 2.24) is 0 Å². The van der Waals surface area contributed by atoms with Gasteiger partial charge in [-0.3, -0.25) is 4.74 Å². The fourth-order valence-corrected chi connectivity index (χ4v) is 4.58. The number of carbonyl (C=O) groups is 1. The monoisotopic (exact) mass is 364 g/mol. The zero-order valence-electron chi connectivity index (χ0n) is 15.6. The molecule has 0 aliphatic carbocycles. The summed E-state index contributed by atoms with van der Waals surface area (Å²) < 4.78 is 28.1. The molecule has 7 heteroatoms. The Kier molecular flexibility index (Phi) is 3.61. The first-order valence-corrected chi connectivity index (χ1v) is 8.66. The van der Waals surface area contributed by atoms with Crippen LogP contribution in [-0.4, -0.2) is 43.0 Å². The van der Waals surface area contributed by atoms with Crippen molar-refractivity contribution < 1.29 is 33.6 Å². The topological polar surface area (TPSA) is 83.5 Å². The number of methoxy groups -OCH3 is 2. The maximum Gasteiger partial charge on any atom is 0.369 e. The van der Waals surface area contributed by atoms with E-state index in [9.17, 15) is 9.90 Å². The molecule has 7 nitrogen and oxygen atoms in total. The molecule has 1 aromatic rings. The number of carbonyl (C=O) groups excluding carboxylic acids is 1. The number of hydrogen-bond donors (Lipinski definition) is 1. The Labute approximate surface area is 152 Å². The van der Waals surface area contributed by atoms with E-state index in [1.807, 2.05) is 32.9 Å². The van der Waals surface area contributed by atoms with Crippen molar-refractivity contribution in [2.75, 3.05) is 14.2 Å². The second-order valence-corrected chi connectivity index (χ2v) is 7.98. The van der Waals surface area contributed by atoms with Gasteiger partial charge in [0.25, 0.3) is 5.79 Å². The number of aliphatic hydroxyl groups is 1. The molecule has 1 unspecified atom stereocenters. The van der Waals surface area contributed by atoms with Crippen LogP contribution in [0, 0.1) is 11.3 Å². The first-order chi connectivity index (χ1) is 12.2. The lowest BCUT2D eigenvalue weighted by atomic mass is 9.60. The van der Waals surface area contributed by atoms with Crippen molar-refractivity contribution in [3.05, 3.63) is 23.3 Å².